The number of carbonyl (C=O) groups is 1. The van der Waals surface area contributed by atoms with Crippen molar-refractivity contribution in [3.05, 3.63) is 59.4 Å². The third-order valence-electron chi connectivity index (χ3n) is 3.44. The number of nitrogens with zero attached hydrogens (tertiary/aromatic N) is 2. The molecule has 110 valence electrons. The van der Waals surface area contributed by atoms with E-state index in [4.69, 9.17) is 5.73 Å². The number of aryl methyl sites for hydroxylation is 1. The second-order valence-electron chi connectivity index (χ2n) is 5.41. The normalized spacial score (nSPS) is 10.7. The van der Waals surface area contributed by atoms with Crippen LogP contribution in [0, 0.1) is 6.92 Å². The molecule has 0 bridgehead atoms. The molecule has 1 aromatic carbocycles. The number of anilines is 1. The number of para-hydroxylation sites is 1. The predicted molar refractivity (Wildman–Crippen MR) is 84.8 cm³/mol. The summed E-state index contributed by atoms with van der Waals surface area (Å²) in [6.07, 6.45) is 1.63. The monoisotopic (exact) mass is 283 g/mol. The molecule has 2 N–H and O–H groups in total. The summed E-state index contributed by atoms with van der Waals surface area (Å²) in [5, 5.41) is 0. The molecule has 0 radical (unpaired) electrons. The number of amides is 1. The summed E-state index contributed by atoms with van der Waals surface area (Å²) in [4.78, 5) is 18.7. The minimum atomic E-state index is -0.0271. The first-order chi connectivity index (χ1) is 9.99. The van der Waals surface area contributed by atoms with Crippen molar-refractivity contribution < 1.29 is 4.79 Å². The number of hydrogen-bond donors (Lipinski definition) is 1. The van der Waals surface area contributed by atoms with Crippen molar-refractivity contribution in [3.63, 3.8) is 0 Å². The van der Waals surface area contributed by atoms with Crippen LogP contribution < -0.4 is 5.73 Å². The van der Waals surface area contributed by atoms with Gasteiger partial charge in [0, 0.05) is 30.2 Å². The van der Waals surface area contributed by atoms with Crippen LogP contribution in [0.5, 0.6) is 0 Å². The van der Waals surface area contributed by atoms with Crippen molar-refractivity contribution in [1.82, 2.24) is 9.88 Å². The third-order valence-corrected chi connectivity index (χ3v) is 3.44. The van der Waals surface area contributed by atoms with Crippen LogP contribution in [0.1, 0.15) is 35.5 Å². The Morgan fingerprint density at radius 3 is 2.52 bits per heavy atom. The Kier molecular flexibility index (Phi) is 4.58. The number of aromatic nitrogens is 1. The summed E-state index contributed by atoms with van der Waals surface area (Å²) in [7, 11) is 0. The molecule has 4 heteroatoms. The van der Waals surface area contributed by atoms with Crippen molar-refractivity contribution in [3.8, 4) is 0 Å². The predicted octanol–water partition coefficient (Wildman–Crippen LogP) is 3.02. The third kappa shape index (κ3) is 3.60. The van der Waals surface area contributed by atoms with E-state index in [1.165, 1.54) is 0 Å². The molecule has 0 atom stereocenters. The zero-order valence-corrected chi connectivity index (χ0v) is 12.7. The Hall–Kier alpha value is -2.36. The van der Waals surface area contributed by atoms with Crippen molar-refractivity contribution in [2.75, 3.05) is 5.73 Å². The van der Waals surface area contributed by atoms with Gasteiger partial charge in [-0.3, -0.25) is 9.78 Å². The number of carbonyl (C=O) groups excluding carboxylic acids is 1. The Morgan fingerprint density at radius 1 is 1.24 bits per heavy atom. The van der Waals surface area contributed by atoms with Gasteiger partial charge in [0.2, 0.25) is 0 Å². The average molecular weight is 283 g/mol. The first kappa shape index (κ1) is 15.0. The van der Waals surface area contributed by atoms with Gasteiger partial charge in [-0.1, -0.05) is 18.2 Å². The quantitative estimate of drug-likeness (QED) is 0.877. The zero-order valence-electron chi connectivity index (χ0n) is 12.7. The summed E-state index contributed by atoms with van der Waals surface area (Å²) in [6.45, 7) is 6.40. The molecule has 0 aliphatic rings. The van der Waals surface area contributed by atoms with Crippen LogP contribution in [-0.4, -0.2) is 21.8 Å². The Bertz CT molecular complexity index is 620. The van der Waals surface area contributed by atoms with E-state index >= 15 is 0 Å². The van der Waals surface area contributed by atoms with Gasteiger partial charge in [-0.05, 0) is 44.5 Å². The van der Waals surface area contributed by atoms with E-state index in [1.54, 1.807) is 11.1 Å². The van der Waals surface area contributed by atoms with Crippen LogP contribution in [-0.2, 0) is 6.54 Å². The van der Waals surface area contributed by atoms with E-state index in [2.05, 4.69) is 4.98 Å². The van der Waals surface area contributed by atoms with Gasteiger partial charge in [0.15, 0.2) is 0 Å². The average Bonchev–Trinajstić information content (AvgIpc) is 2.46. The van der Waals surface area contributed by atoms with Gasteiger partial charge < -0.3 is 10.6 Å². The molecule has 1 amide bonds. The number of pyridine rings is 1. The molecule has 0 saturated heterocycles. The van der Waals surface area contributed by atoms with E-state index in [0.29, 0.717) is 17.8 Å². The fourth-order valence-corrected chi connectivity index (χ4v) is 2.11. The van der Waals surface area contributed by atoms with Gasteiger partial charge in [-0.2, -0.15) is 0 Å². The lowest BCUT2D eigenvalue weighted by atomic mass is 10.1. The van der Waals surface area contributed by atoms with Crippen LogP contribution in [0.25, 0.3) is 0 Å². The second-order valence-corrected chi connectivity index (χ2v) is 5.41. The summed E-state index contributed by atoms with van der Waals surface area (Å²) in [6, 6.07) is 11.4. The lowest BCUT2D eigenvalue weighted by Crippen LogP contribution is -2.36. The lowest BCUT2D eigenvalue weighted by Gasteiger charge is -2.27. The van der Waals surface area contributed by atoms with Gasteiger partial charge in [-0.15, -0.1) is 0 Å². The molecule has 0 spiro atoms. The zero-order chi connectivity index (χ0) is 15.4. The molecular weight excluding hydrogens is 262 g/mol. The molecule has 2 aromatic rings. The Labute approximate surface area is 125 Å². The molecule has 0 aliphatic heterocycles. The fraction of sp³-hybridized carbons (Fsp3) is 0.294. The van der Waals surface area contributed by atoms with E-state index in [1.807, 2.05) is 57.2 Å². The highest BCUT2D eigenvalue weighted by Crippen LogP contribution is 2.17. The minimum absolute atomic E-state index is 0.0271. The summed E-state index contributed by atoms with van der Waals surface area (Å²) >= 11 is 0. The van der Waals surface area contributed by atoms with Gasteiger partial charge in [0.05, 0.1) is 5.56 Å². The number of nitrogens with two attached hydrogens (primary N) is 1. The maximum absolute atomic E-state index is 12.7. The highest BCUT2D eigenvalue weighted by Gasteiger charge is 2.20. The van der Waals surface area contributed by atoms with Crippen LogP contribution in [0.4, 0.5) is 5.69 Å². The minimum Gasteiger partial charge on any atom is -0.398 e. The number of benzene rings is 1. The van der Waals surface area contributed by atoms with Gasteiger partial charge >= 0.3 is 0 Å². The molecule has 21 heavy (non-hydrogen) atoms. The largest absolute Gasteiger partial charge is 0.398 e. The Balaban J connectivity index is 2.25. The first-order valence-corrected chi connectivity index (χ1v) is 7.06. The molecule has 0 aliphatic carbocycles. The molecular formula is C17H21N3O. The highest BCUT2D eigenvalue weighted by molar-refractivity contribution is 5.94. The van der Waals surface area contributed by atoms with Crippen molar-refractivity contribution in [2.45, 2.75) is 33.4 Å². The van der Waals surface area contributed by atoms with Gasteiger partial charge in [0.1, 0.15) is 0 Å². The number of rotatable bonds is 4. The highest BCUT2D eigenvalue weighted by atomic mass is 16.2. The standard InChI is InChI=1S/C17H21N3O/c1-12(2)20(11-15-6-4-5-7-16(15)18)17(21)14-9-8-13(3)19-10-14/h4-10,12H,11,18H2,1-3H3. The van der Waals surface area contributed by atoms with E-state index in [9.17, 15) is 4.79 Å². The van der Waals surface area contributed by atoms with Crippen molar-refractivity contribution in [1.29, 1.82) is 0 Å². The topological polar surface area (TPSA) is 59.2 Å². The van der Waals surface area contributed by atoms with Crippen LogP contribution >= 0.6 is 0 Å². The van der Waals surface area contributed by atoms with Crippen LogP contribution in [0.15, 0.2) is 42.6 Å². The molecule has 0 fully saturated rings. The van der Waals surface area contributed by atoms with Crippen molar-refractivity contribution >= 4 is 11.6 Å². The molecule has 2 rings (SSSR count). The van der Waals surface area contributed by atoms with Gasteiger partial charge in [0.25, 0.3) is 5.91 Å². The summed E-state index contributed by atoms with van der Waals surface area (Å²) in [5.41, 5.74) is 9.14. The molecule has 4 nitrogen and oxygen atoms in total. The van der Waals surface area contributed by atoms with E-state index < -0.39 is 0 Å². The number of hydrogen-bond acceptors (Lipinski definition) is 3. The molecule has 0 unspecified atom stereocenters. The summed E-state index contributed by atoms with van der Waals surface area (Å²) < 4.78 is 0. The summed E-state index contributed by atoms with van der Waals surface area (Å²) in [5.74, 6) is -0.0271. The van der Waals surface area contributed by atoms with E-state index in [-0.39, 0.29) is 11.9 Å². The van der Waals surface area contributed by atoms with Crippen LogP contribution in [0.3, 0.4) is 0 Å². The van der Waals surface area contributed by atoms with Gasteiger partial charge in [-0.25, -0.2) is 0 Å². The SMILES string of the molecule is Cc1ccc(C(=O)N(Cc2ccccc2N)C(C)C)cn1. The maximum Gasteiger partial charge on any atom is 0.255 e. The van der Waals surface area contributed by atoms with Crippen molar-refractivity contribution in [2.24, 2.45) is 0 Å². The van der Waals surface area contributed by atoms with E-state index in [0.717, 1.165) is 11.3 Å². The molecule has 1 aromatic heterocycles. The molecule has 1 heterocycles. The Morgan fingerprint density at radius 2 is 1.95 bits per heavy atom. The maximum atomic E-state index is 12.7. The smallest absolute Gasteiger partial charge is 0.255 e. The number of nitrogen functional groups attached to an aromatic ring is 1. The second kappa shape index (κ2) is 6.39. The van der Waals surface area contributed by atoms with Crippen LogP contribution in [0.2, 0.25) is 0 Å². The molecule has 0 saturated carbocycles. The first-order valence-electron chi connectivity index (χ1n) is 7.06. The fourth-order valence-electron chi connectivity index (χ4n) is 2.11. The lowest BCUT2D eigenvalue weighted by molar-refractivity contribution is 0.0690.